The summed E-state index contributed by atoms with van der Waals surface area (Å²) in [6.07, 6.45) is 1.27. The van der Waals surface area contributed by atoms with Gasteiger partial charge in [-0.1, -0.05) is 18.2 Å². The lowest BCUT2D eigenvalue weighted by molar-refractivity contribution is 0.00763. The third-order valence-electron chi connectivity index (χ3n) is 4.46. The standard InChI is InChI=1S/C21H26N4O6S3/c1-14-9-7-8-10-18(14)33(27,28)23-16-13-17(32-19(16)20(26)31-21(2,3)4)15-11-12-25(22-15)34(29,30)24(5)6/h7-13,23H,1-6H3. The summed E-state index contributed by atoms with van der Waals surface area (Å²) in [5.74, 6) is -0.716. The number of hydrogen-bond donors (Lipinski definition) is 1. The maximum Gasteiger partial charge on any atom is 0.351 e. The number of ether oxygens (including phenoxy) is 1. The molecule has 0 unspecified atom stereocenters. The van der Waals surface area contributed by atoms with Gasteiger partial charge < -0.3 is 4.74 Å². The summed E-state index contributed by atoms with van der Waals surface area (Å²) in [6, 6.07) is 9.36. The van der Waals surface area contributed by atoms with Crippen molar-refractivity contribution in [1.82, 2.24) is 13.5 Å². The van der Waals surface area contributed by atoms with Gasteiger partial charge in [0.05, 0.1) is 15.5 Å². The highest BCUT2D eigenvalue weighted by Gasteiger charge is 2.28. The van der Waals surface area contributed by atoms with Gasteiger partial charge in [-0.2, -0.15) is 21.9 Å². The van der Waals surface area contributed by atoms with Crippen LogP contribution in [0.25, 0.3) is 10.6 Å². The predicted molar refractivity (Wildman–Crippen MR) is 131 cm³/mol. The molecule has 0 saturated heterocycles. The summed E-state index contributed by atoms with van der Waals surface area (Å²) in [5, 5.41) is 4.10. The van der Waals surface area contributed by atoms with E-state index in [4.69, 9.17) is 4.74 Å². The number of sulfonamides is 1. The van der Waals surface area contributed by atoms with E-state index >= 15 is 0 Å². The summed E-state index contributed by atoms with van der Waals surface area (Å²) in [5.41, 5.74) is -0.00427. The smallest absolute Gasteiger partial charge is 0.351 e. The van der Waals surface area contributed by atoms with E-state index in [1.54, 1.807) is 45.9 Å². The van der Waals surface area contributed by atoms with Gasteiger partial charge in [0.1, 0.15) is 16.2 Å². The Bertz CT molecular complexity index is 1430. The molecule has 0 aliphatic carbocycles. The summed E-state index contributed by atoms with van der Waals surface area (Å²) >= 11 is 0.948. The quantitative estimate of drug-likeness (QED) is 0.468. The molecule has 0 radical (unpaired) electrons. The molecule has 2 heterocycles. The van der Waals surface area contributed by atoms with E-state index in [1.165, 1.54) is 38.5 Å². The predicted octanol–water partition coefficient (Wildman–Crippen LogP) is 3.33. The number of carbonyl (C=O) groups excluding carboxylic acids is 1. The normalized spacial score (nSPS) is 12.7. The summed E-state index contributed by atoms with van der Waals surface area (Å²) in [7, 11) is -5.11. The van der Waals surface area contributed by atoms with Crippen LogP contribution in [0.2, 0.25) is 0 Å². The van der Waals surface area contributed by atoms with Crippen LogP contribution in [0.4, 0.5) is 5.69 Å². The molecule has 1 aromatic carbocycles. The minimum absolute atomic E-state index is 0.0162. The van der Waals surface area contributed by atoms with Crippen LogP contribution < -0.4 is 4.72 Å². The zero-order valence-corrected chi connectivity index (χ0v) is 22.0. The second-order valence-corrected chi connectivity index (χ2v) is 13.3. The zero-order valence-electron chi connectivity index (χ0n) is 19.6. The minimum Gasteiger partial charge on any atom is -0.456 e. The van der Waals surface area contributed by atoms with E-state index in [1.807, 2.05) is 0 Å². The van der Waals surface area contributed by atoms with Crippen LogP contribution in [0, 0.1) is 6.92 Å². The molecule has 0 aliphatic heterocycles. The Morgan fingerprint density at radius 1 is 1.12 bits per heavy atom. The van der Waals surface area contributed by atoms with Crippen LogP contribution in [0.15, 0.2) is 47.5 Å². The first-order valence-corrected chi connectivity index (χ1v) is 13.8. The summed E-state index contributed by atoms with van der Waals surface area (Å²) < 4.78 is 60.6. The minimum atomic E-state index is -4.02. The van der Waals surface area contributed by atoms with Gasteiger partial charge in [0.25, 0.3) is 10.0 Å². The number of carbonyl (C=O) groups is 1. The number of rotatable bonds is 7. The average Bonchev–Trinajstić information content (AvgIpc) is 3.34. The van der Waals surface area contributed by atoms with Crippen molar-refractivity contribution in [2.24, 2.45) is 0 Å². The highest BCUT2D eigenvalue weighted by molar-refractivity contribution is 7.92. The SMILES string of the molecule is Cc1ccccc1S(=O)(=O)Nc1cc(-c2ccn(S(=O)(=O)N(C)C)n2)sc1C(=O)OC(C)(C)C. The number of anilines is 1. The van der Waals surface area contributed by atoms with Crippen molar-refractivity contribution in [1.29, 1.82) is 0 Å². The first-order valence-electron chi connectivity index (χ1n) is 10.1. The Kier molecular flexibility index (Phi) is 6.95. The highest BCUT2D eigenvalue weighted by Crippen LogP contribution is 2.36. The van der Waals surface area contributed by atoms with Crippen molar-refractivity contribution >= 4 is 43.2 Å². The number of aromatic nitrogens is 2. The van der Waals surface area contributed by atoms with E-state index in [9.17, 15) is 21.6 Å². The molecule has 0 bridgehead atoms. The number of esters is 1. The highest BCUT2D eigenvalue weighted by atomic mass is 32.2. The van der Waals surface area contributed by atoms with E-state index in [2.05, 4.69) is 9.82 Å². The number of thiophene rings is 1. The molecule has 0 fully saturated rings. The fourth-order valence-corrected chi connectivity index (χ4v) is 5.93. The third-order valence-corrected chi connectivity index (χ3v) is 8.72. The van der Waals surface area contributed by atoms with Crippen LogP contribution in [-0.4, -0.2) is 56.0 Å². The molecule has 3 aromatic rings. The van der Waals surface area contributed by atoms with Crippen LogP contribution in [0.3, 0.4) is 0 Å². The molecular formula is C21H26N4O6S3. The molecule has 184 valence electrons. The van der Waals surface area contributed by atoms with Gasteiger partial charge in [-0.25, -0.2) is 13.2 Å². The first-order chi connectivity index (χ1) is 15.6. The number of benzene rings is 1. The number of hydrogen-bond acceptors (Lipinski definition) is 8. The molecule has 13 heteroatoms. The Morgan fingerprint density at radius 3 is 2.35 bits per heavy atom. The van der Waals surface area contributed by atoms with Crippen molar-refractivity contribution in [3.63, 3.8) is 0 Å². The largest absolute Gasteiger partial charge is 0.456 e. The van der Waals surface area contributed by atoms with Gasteiger partial charge in [-0.3, -0.25) is 4.72 Å². The van der Waals surface area contributed by atoms with E-state index in [-0.39, 0.29) is 21.2 Å². The van der Waals surface area contributed by atoms with Crippen LogP contribution >= 0.6 is 11.3 Å². The number of nitrogens with one attached hydrogen (secondary N) is 1. The monoisotopic (exact) mass is 526 g/mol. The van der Waals surface area contributed by atoms with Crippen molar-refractivity contribution in [3.05, 3.63) is 53.0 Å². The van der Waals surface area contributed by atoms with E-state index < -0.39 is 31.8 Å². The molecule has 10 nitrogen and oxygen atoms in total. The molecule has 0 aliphatic rings. The lowest BCUT2D eigenvalue weighted by atomic mass is 10.2. The molecule has 1 N–H and O–H groups in total. The van der Waals surface area contributed by atoms with Gasteiger partial charge in [0, 0.05) is 20.3 Å². The van der Waals surface area contributed by atoms with E-state index in [0.717, 1.165) is 19.7 Å². The van der Waals surface area contributed by atoms with E-state index in [0.29, 0.717) is 10.4 Å². The van der Waals surface area contributed by atoms with Crippen molar-refractivity contribution in [2.45, 2.75) is 38.2 Å². The molecule has 0 amide bonds. The fraction of sp³-hybridized carbons (Fsp3) is 0.333. The van der Waals surface area contributed by atoms with Crippen molar-refractivity contribution < 1.29 is 26.4 Å². The molecule has 0 spiro atoms. The number of aryl methyl sites for hydroxylation is 1. The molecule has 3 rings (SSSR count). The average molecular weight is 527 g/mol. The molecule has 0 saturated carbocycles. The second-order valence-electron chi connectivity index (χ2n) is 8.59. The maximum atomic E-state index is 13.1. The van der Waals surface area contributed by atoms with Crippen LogP contribution in [0.1, 0.15) is 36.0 Å². The first kappa shape index (κ1) is 25.9. The Morgan fingerprint density at radius 2 is 1.76 bits per heavy atom. The van der Waals surface area contributed by atoms with Crippen molar-refractivity contribution in [2.75, 3.05) is 18.8 Å². The second kappa shape index (κ2) is 9.13. The van der Waals surface area contributed by atoms with Gasteiger partial charge in [0.2, 0.25) is 0 Å². The van der Waals surface area contributed by atoms with Gasteiger partial charge in [-0.05, 0) is 51.5 Å². The zero-order chi connectivity index (χ0) is 25.5. The van der Waals surface area contributed by atoms with Crippen LogP contribution in [0.5, 0.6) is 0 Å². The van der Waals surface area contributed by atoms with Gasteiger partial charge >= 0.3 is 16.2 Å². The molecular weight excluding hydrogens is 500 g/mol. The third kappa shape index (κ3) is 5.49. The van der Waals surface area contributed by atoms with Crippen molar-refractivity contribution in [3.8, 4) is 10.6 Å². The summed E-state index contributed by atoms with van der Waals surface area (Å²) in [4.78, 5) is 13.4. The molecule has 34 heavy (non-hydrogen) atoms. The lowest BCUT2D eigenvalue weighted by Crippen LogP contribution is -2.29. The van der Waals surface area contributed by atoms with Gasteiger partial charge in [-0.15, -0.1) is 11.3 Å². The fourth-order valence-electron chi connectivity index (χ4n) is 2.86. The molecule has 2 aromatic heterocycles. The molecule has 0 atom stereocenters. The topological polar surface area (TPSA) is 128 Å². The Labute approximate surface area is 203 Å². The Balaban J connectivity index is 2.08. The lowest BCUT2D eigenvalue weighted by Gasteiger charge is -2.19. The maximum absolute atomic E-state index is 13.1. The summed E-state index contributed by atoms with van der Waals surface area (Å²) in [6.45, 7) is 6.76. The van der Waals surface area contributed by atoms with Crippen LogP contribution in [-0.2, 0) is 25.0 Å². The number of nitrogens with zero attached hydrogens (tertiary/aromatic N) is 3. The Hall–Kier alpha value is -2.74. The van der Waals surface area contributed by atoms with Gasteiger partial charge in [0.15, 0.2) is 0 Å².